The van der Waals surface area contributed by atoms with Crippen molar-refractivity contribution >= 4 is 32.9 Å². The van der Waals surface area contributed by atoms with Crippen molar-refractivity contribution < 1.29 is 4.55 Å². The molecule has 0 radical (unpaired) electrons. The van der Waals surface area contributed by atoms with Crippen molar-refractivity contribution in [2.24, 2.45) is 0 Å². The molecule has 110 valence electrons. The molecule has 2 rings (SSSR count). The number of nitrogens with zero attached hydrogens (tertiary/aromatic N) is 2. The van der Waals surface area contributed by atoms with Crippen LogP contribution in [0.2, 0.25) is 0 Å². The molecule has 20 heavy (non-hydrogen) atoms. The molecule has 0 aliphatic carbocycles. The van der Waals surface area contributed by atoms with Gasteiger partial charge in [0.2, 0.25) is 0 Å². The van der Waals surface area contributed by atoms with Gasteiger partial charge in [0.05, 0.1) is 16.2 Å². The number of nitrogens with one attached hydrogen (secondary N) is 1. The van der Waals surface area contributed by atoms with Crippen LogP contribution in [-0.2, 0) is 11.4 Å². The Labute approximate surface area is 131 Å². The van der Waals surface area contributed by atoms with Gasteiger partial charge in [0, 0.05) is 23.8 Å². The summed E-state index contributed by atoms with van der Waals surface area (Å²) in [6.07, 6.45) is 4.01. The van der Waals surface area contributed by atoms with Crippen molar-refractivity contribution in [1.29, 1.82) is 0 Å². The van der Waals surface area contributed by atoms with Crippen molar-refractivity contribution in [2.75, 3.05) is 0 Å². The maximum Gasteiger partial charge on any atom is 0.151 e. The third-order valence-electron chi connectivity index (χ3n) is 2.95. The van der Waals surface area contributed by atoms with E-state index in [4.69, 9.17) is 0 Å². The number of aryl methyl sites for hydroxylation is 1. The topological polar surface area (TPSA) is 52.4 Å². The van der Waals surface area contributed by atoms with Crippen LogP contribution in [0.4, 0.5) is 0 Å². The van der Waals surface area contributed by atoms with E-state index in [0.717, 1.165) is 21.4 Å². The van der Waals surface area contributed by atoms with Gasteiger partial charge >= 0.3 is 0 Å². The monoisotopic (exact) mass is 357 g/mol. The molecule has 4 nitrogen and oxygen atoms in total. The van der Waals surface area contributed by atoms with E-state index < -0.39 is 11.4 Å². The number of fused-ring (bicyclic) bond motifs is 1. The zero-order valence-corrected chi connectivity index (χ0v) is 14.8. The first kappa shape index (κ1) is 15.8. The van der Waals surface area contributed by atoms with Gasteiger partial charge in [-0.25, -0.2) is 4.98 Å². The average molecular weight is 358 g/mol. The smallest absolute Gasteiger partial charge is 0.151 e. The summed E-state index contributed by atoms with van der Waals surface area (Å²) < 4.78 is 17.9. The van der Waals surface area contributed by atoms with Gasteiger partial charge in [-0.1, -0.05) is 0 Å². The van der Waals surface area contributed by atoms with Gasteiger partial charge in [-0.3, -0.25) is 0 Å². The van der Waals surface area contributed by atoms with Crippen molar-refractivity contribution in [3.05, 3.63) is 34.2 Å². The average Bonchev–Trinajstić information content (AvgIpc) is 2.71. The van der Waals surface area contributed by atoms with E-state index in [1.54, 1.807) is 0 Å². The lowest BCUT2D eigenvalue weighted by molar-refractivity contribution is 0.529. The van der Waals surface area contributed by atoms with Gasteiger partial charge in [-0.05, 0) is 62.2 Å². The third kappa shape index (κ3) is 3.36. The molecule has 6 heteroatoms. The van der Waals surface area contributed by atoms with Crippen LogP contribution in [0.15, 0.2) is 22.9 Å². The molecule has 2 heterocycles. The lowest BCUT2D eigenvalue weighted by atomic mass is 10.3. The Hall–Kier alpha value is -0.560. The zero-order chi connectivity index (χ0) is 15.1. The summed E-state index contributed by atoms with van der Waals surface area (Å²) in [5, 5.41) is 0. The Balaban J connectivity index is 2.27. The Morgan fingerprint density at radius 1 is 1.40 bits per heavy atom. The third-order valence-corrected chi connectivity index (χ3v) is 5.21. The second-order valence-electron chi connectivity index (χ2n) is 5.98. The molecule has 2 aromatic rings. The van der Waals surface area contributed by atoms with E-state index in [9.17, 15) is 4.55 Å². The maximum atomic E-state index is 12.1. The minimum atomic E-state index is -1.11. The minimum Gasteiger partial charge on any atom is -0.598 e. The van der Waals surface area contributed by atoms with Crippen LogP contribution >= 0.6 is 15.9 Å². The summed E-state index contributed by atoms with van der Waals surface area (Å²) in [4.78, 5) is 4.61. The van der Waals surface area contributed by atoms with E-state index in [1.165, 1.54) is 0 Å². The van der Waals surface area contributed by atoms with Crippen LogP contribution in [-0.4, -0.2) is 18.7 Å². The largest absolute Gasteiger partial charge is 0.598 e. The fraction of sp³-hybridized carbons (Fsp3) is 0.500. The molecule has 0 aliphatic heterocycles. The summed E-state index contributed by atoms with van der Waals surface area (Å²) in [7, 11) is 0. The molecule has 0 aliphatic rings. The van der Waals surface area contributed by atoms with Crippen LogP contribution < -0.4 is 4.72 Å². The number of halogens is 1. The van der Waals surface area contributed by atoms with Crippen molar-refractivity contribution in [2.45, 2.75) is 45.4 Å². The first-order valence-corrected chi connectivity index (χ1v) is 8.45. The van der Waals surface area contributed by atoms with Crippen LogP contribution in [0, 0.1) is 6.92 Å². The Morgan fingerprint density at radius 2 is 2.05 bits per heavy atom. The van der Waals surface area contributed by atoms with Crippen molar-refractivity contribution in [1.82, 2.24) is 14.1 Å². The number of imidazole rings is 1. The molecule has 0 aromatic carbocycles. The maximum absolute atomic E-state index is 12.1. The molecule has 0 saturated carbocycles. The van der Waals surface area contributed by atoms with Crippen LogP contribution in [0.25, 0.3) is 5.65 Å². The molecule has 0 fully saturated rings. The van der Waals surface area contributed by atoms with E-state index in [-0.39, 0.29) is 10.8 Å². The summed E-state index contributed by atoms with van der Waals surface area (Å²) in [5.74, 6) is 0. The fourth-order valence-electron chi connectivity index (χ4n) is 1.82. The van der Waals surface area contributed by atoms with Gasteiger partial charge in [0.15, 0.2) is 5.65 Å². The molecule has 2 atom stereocenters. The quantitative estimate of drug-likeness (QED) is 0.855. The molecule has 1 N–H and O–H groups in total. The van der Waals surface area contributed by atoms with Gasteiger partial charge < -0.3 is 8.95 Å². The molecule has 0 spiro atoms. The molecular formula is C14H20BrN3OS. The normalized spacial score (nSPS) is 15.6. The second kappa shape index (κ2) is 5.67. The number of aromatic nitrogens is 2. The molecular weight excluding hydrogens is 338 g/mol. The van der Waals surface area contributed by atoms with Gasteiger partial charge in [-0.15, -0.1) is 4.72 Å². The number of hydrogen-bond donors (Lipinski definition) is 1. The Morgan fingerprint density at radius 3 is 2.65 bits per heavy atom. The summed E-state index contributed by atoms with van der Waals surface area (Å²) in [6.45, 7) is 9.87. The fourth-order valence-corrected chi connectivity index (χ4v) is 3.27. The highest BCUT2D eigenvalue weighted by Gasteiger charge is 2.29. The van der Waals surface area contributed by atoms with Crippen LogP contribution in [0.1, 0.15) is 45.0 Å². The van der Waals surface area contributed by atoms with E-state index in [2.05, 4.69) is 25.6 Å². The van der Waals surface area contributed by atoms with Gasteiger partial charge in [-0.2, -0.15) is 0 Å². The standard InChI is InChI=1S/C14H20BrN3OS/c1-9-6-11(15)13-16-12(8-18(13)7-9)10(2)17-20(19)14(3,4)5/h6-8,10,17H,1-5H3/t10-,20-/m1/s1. The van der Waals surface area contributed by atoms with Gasteiger partial charge in [0.1, 0.15) is 4.75 Å². The predicted molar refractivity (Wildman–Crippen MR) is 87.1 cm³/mol. The lowest BCUT2D eigenvalue weighted by Gasteiger charge is -2.25. The zero-order valence-electron chi connectivity index (χ0n) is 12.4. The van der Waals surface area contributed by atoms with Gasteiger partial charge in [0.25, 0.3) is 0 Å². The first-order chi connectivity index (χ1) is 9.18. The SMILES string of the molecule is Cc1cc(Br)c2nc([C@@H](C)N[S@+]([O-])C(C)(C)C)cn2c1. The van der Waals surface area contributed by atoms with Crippen LogP contribution in [0.3, 0.4) is 0 Å². The highest BCUT2D eigenvalue weighted by Crippen LogP contribution is 2.23. The highest BCUT2D eigenvalue weighted by molar-refractivity contribution is 9.10. The molecule has 0 saturated heterocycles. The molecule has 0 unspecified atom stereocenters. The Bertz CT molecular complexity index is 621. The number of hydrogen-bond acceptors (Lipinski definition) is 3. The highest BCUT2D eigenvalue weighted by atomic mass is 79.9. The van der Waals surface area contributed by atoms with Crippen LogP contribution in [0.5, 0.6) is 0 Å². The molecule has 2 aromatic heterocycles. The Kier molecular flexibility index (Phi) is 4.49. The summed E-state index contributed by atoms with van der Waals surface area (Å²) in [5.41, 5.74) is 2.92. The molecule has 0 amide bonds. The van der Waals surface area contributed by atoms with E-state index in [1.807, 2.05) is 57.5 Å². The lowest BCUT2D eigenvalue weighted by Crippen LogP contribution is -2.40. The van der Waals surface area contributed by atoms with E-state index >= 15 is 0 Å². The van der Waals surface area contributed by atoms with Crippen molar-refractivity contribution in [3.8, 4) is 0 Å². The van der Waals surface area contributed by atoms with E-state index in [0.29, 0.717) is 0 Å². The summed E-state index contributed by atoms with van der Waals surface area (Å²) in [6, 6.07) is 1.97. The predicted octanol–water partition coefficient (Wildman–Crippen LogP) is 3.52. The second-order valence-corrected chi connectivity index (χ2v) is 8.83. The number of rotatable bonds is 3. The summed E-state index contributed by atoms with van der Waals surface area (Å²) >= 11 is 2.42. The first-order valence-electron chi connectivity index (χ1n) is 6.51. The minimum absolute atomic E-state index is 0.0674. The van der Waals surface area contributed by atoms with Crippen molar-refractivity contribution in [3.63, 3.8) is 0 Å². The number of pyridine rings is 1. The molecule has 0 bridgehead atoms.